The normalized spacial score (nSPS) is 20.8. The van der Waals surface area contributed by atoms with Crippen molar-refractivity contribution in [3.8, 4) is 0 Å². The minimum atomic E-state index is -0.609. The van der Waals surface area contributed by atoms with E-state index in [-0.39, 0.29) is 30.7 Å². The number of aliphatic hydroxyl groups is 1. The van der Waals surface area contributed by atoms with Crippen molar-refractivity contribution in [2.45, 2.75) is 56.5 Å². The van der Waals surface area contributed by atoms with E-state index in [0.29, 0.717) is 5.92 Å². The number of rotatable bonds is 7. The van der Waals surface area contributed by atoms with Crippen LogP contribution in [-0.4, -0.2) is 59.8 Å². The van der Waals surface area contributed by atoms with Crippen molar-refractivity contribution >= 4 is 36.4 Å². The Morgan fingerprint density at radius 2 is 1.39 bits per heavy atom. The number of halogens is 3. The maximum atomic E-state index is 11.6. The highest BCUT2D eigenvalue weighted by Crippen LogP contribution is 2.41. The Hall–Kier alpha value is -0.810. The average Bonchev–Trinajstić information content (AvgIpc) is 2.79. The average molecular weight is 514 g/mol. The number of hydrogen-bond acceptors (Lipinski definition) is 3. The van der Waals surface area contributed by atoms with E-state index < -0.39 is 5.60 Å². The van der Waals surface area contributed by atoms with Crippen molar-refractivity contribution in [1.82, 2.24) is 9.80 Å². The summed E-state index contributed by atoms with van der Waals surface area (Å²) in [5.41, 5.74) is 2.00. The lowest BCUT2D eigenvalue weighted by Gasteiger charge is -2.44. The number of hydrogen-bond donors (Lipinski definition) is 1. The van der Waals surface area contributed by atoms with E-state index in [1.54, 1.807) is 0 Å². The van der Waals surface area contributed by atoms with Gasteiger partial charge in [-0.2, -0.15) is 0 Å². The van der Waals surface area contributed by atoms with Crippen LogP contribution in [0.2, 0.25) is 5.02 Å². The summed E-state index contributed by atoms with van der Waals surface area (Å²) in [7, 11) is 0. The third kappa shape index (κ3) is 7.59. The molecule has 1 saturated heterocycles. The summed E-state index contributed by atoms with van der Waals surface area (Å²) in [5, 5.41) is 12.4. The molecule has 0 aromatic heterocycles. The second-order valence-corrected chi connectivity index (χ2v) is 10.1. The molecule has 1 N–H and O–H groups in total. The van der Waals surface area contributed by atoms with Gasteiger partial charge in [0.15, 0.2) is 0 Å². The standard InChI is InChI=1S/C27H37ClN2O.2ClH/c1-22(23-9-4-2-5-10-23)20-29-15-17-30(18-16-29)21-26(24-11-8-12-25(28)19-24)27(31)13-6-3-7-14-27;;/h2,4-5,8-12,19,22,26,31H,3,6-7,13-18,20-21H2,1H3;2*1H. The van der Waals surface area contributed by atoms with E-state index in [4.69, 9.17) is 11.6 Å². The fourth-order valence-corrected chi connectivity index (χ4v) is 5.71. The maximum absolute atomic E-state index is 11.6. The Morgan fingerprint density at radius 3 is 2.00 bits per heavy atom. The zero-order valence-electron chi connectivity index (χ0n) is 19.7. The fraction of sp³-hybridized carbons (Fsp3) is 0.556. The van der Waals surface area contributed by atoms with Crippen LogP contribution in [0.4, 0.5) is 0 Å². The van der Waals surface area contributed by atoms with Crippen molar-refractivity contribution in [3.05, 3.63) is 70.7 Å². The van der Waals surface area contributed by atoms with Gasteiger partial charge in [0.2, 0.25) is 0 Å². The first-order chi connectivity index (χ1) is 15.0. The number of benzene rings is 2. The highest BCUT2D eigenvalue weighted by Gasteiger charge is 2.40. The molecular formula is C27H39Cl3N2O. The topological polar surface area (TPSA) is 26.7 Å². The molecule has 0 amide bonds. The van der Waals surface area contributed by atoms with Crippen molar-refractivity contribution in [2.24, 2.45) is 0 Å². The first-order valence-electron chi connectivity index (χ1n) is 12.0. The smallest absolute Gasteiger partial charge is 0.0728 e. The SMILES string of the molecule is CC(CN1CCN(CC(c2cccc(Cl)c2)C2(O)CCCCC2)CC1)c1ccccc1.Cl.Cl. The predicted molar refractivity (Wildman–Crippen MR) is 144 cm³/mol. The Labute approximate surface area is 217 Å². The maximum Gasteiger partial charge on any atom is 0.0728 e. The van der Waals surface area contributed by atoms with Crippen LogP contribution < -0.4 is 0 Å². The van der Waals surface area contributed by atoms with Crippen LogP contribution >= 0.6 is 36.4 Å². The first-order valence-corrected chi connectivity index (χ1v) is 12.4. The lowest BCUT2D eigenvalue weighted by atomic mass is 9.72. The molecule has 0 bridgehead atoms. The molecule has 2 aliphatic rings. The summed E-state index contributed by atoms with van der Waals surface area (Å²) < 4.78 is 0. The van der Waals surface area contributed by atoms with Gasteiger partial charge in [0, 0.05) is 50.2 Å². The van der Waals surface area contributed by atoms with Gasteiger partial charge >= 0.3 is 0 Å². The van der Waals surface area contributed by atoms with Crippen LogP contribution in [0.25, 0.3) is 0 Å². The molecule has 2 aromatic carbocycles. The second-order valence-electron chi connectivity index (χ2n) is 9.68. The molecule has 2 aromatic rings. The summed E-state index contributed by atoms with van der Waals surface area (Å²) in [6, 6.07) is 19.0. The third-order valence-corrected chi connectivity index (χ3v) is 7.66. The van der Waals surface area contributed by atoms with Crippen molar-refractivity contribution in [3.63, 3.8) is 0 Å². The van der Waals surface area contributed by atoms with Crippen LogP contribution in [-0.2, 0) is 0 Å². The summed E-state index contributed by atoms with van der Waals surface area (Å²) in [4.78, 5) is 5.15. The second kappa shape index (κ2) is 13.3. The molecule has 184 valence electrons. The van der Waals surface area contributed by atoms with Gasteiger partial charge in [-0.3, -0.25) is 0 Å². The molecule has 0 radical (unpaired) electrons. The minimum Gasteiger partial charge on any atom is -0.389 e. The van der Waals surface area contributed by atoms with Gasteiger partial charge in [0.25, 0.3) is 0 Å². The van der Waals surface area contributed by atoms with Crippen molar-refractivity contribution < 1.29 is 5.11 Å². The molecular weight excluding hydrogens is 475 g/mol. The minimum absolute atomic E-state index is 0. The molecule has 2 fully saturated rings. The Bertz CT molecular complexity index is 821. The van der Waals surface area contributed by atoms with Gasteiger partial charge in [-0.15, -0.1) is 24.8 Å². The molecule has 2 unspecified atom stereocenters. The lowest BCUT2D eigenvalue weighted by Crippen LogP contribution is -2.51. The van der Waals surface area contributed by atoms with Crippen LogP contribution in [0.5, 0.6) is 0 Å². The molecule has 4 rings (SSSR count). The van der Waals surface area contributed by atoms with Crippen LogP contribution in [0.3, 0.4) is 0 Å². The van der Waals surface area contributed by atoms with E-state index >= 15 is 0 Å². The number of piperazine rings is 1. The van der Waals surface area contributed by atoms with Gasteiger partial charge in [-0.25, -0.2) is 0 Å². The van der Waals surface area contributed by atoms with Gasteiger partial charge in [0.05, 0.1) is 5.60 Å². The van der Waals surface area contributed by atoms with Crippen LogP contribution in [0.15, 0.2) is 54.6 Å². The molecule has 1 aliphatic carbocycles. The monoisotopic (exact) mass is 512 g/mol. The Morgan fingerprint density at radius 1 is 0.818 bits per heavy atom. The van der Waals surface area contributed by atoms with Crippen molar-refractivity contribution in [2.75, 3.05) is 39.3 Å². The van der Waals surface area contributed by atoms with Crippen LogP contribution in [0, 0.1) is 0 Å². The van der Waals surface area contributed by atoms with Crippen molar-refractivity contribution in [1.29, 1.82) is 0 Å². The molecule has 1 aliphatic heterocycles. The first kappa shape index (κ1) is 28.4. The molecule has 1 saturated carbocycles. The summed E-state index contributed by atoms with van der Waals surface area (Å²) >= 11 is 6.33. The zero-order chi connectivity index (χ0) is 21.7. The quantitative estimate of drug-likeness (QED) is 0.465. The van der Waals surface area contributed by atoms with E-state index in [1.165, 1.54) is 17.5 Å². The molecule has 0 spiro atoms. The van der Waals surface area contributed by atoms with E-state index in [2.05, 4.69) is 59.2 Å². The molecule has 3 nitrogen and oxygen atoms in total. The summed E-state index contributed by atoms with van der Waals surface area (Å²) in [5.74, 6) is 0.677. The number of nitrogens with zero attached hydrogens (tertiary/aromatic N) is 2. The Balaban J connectivity index is 0.00000193. The van der Waals surface area contributed by atoms with E-state index in [0.717, 1.165) is 70.0 Å². The van der Waals surface area contributed by atoms with Gasteiger partial charge < -0.3 is 14.9 Å². The zero-order valence-corrected chi connectivity index (χ0v) is 22.1. The summed E-state index contributed by atoms with van der Waals surface area (Å²) in [6.45, 7) is 8.67. The predicted octanol–water partition coefficient (Wildman–Crippen LogP) is 6.38. The largest absolute Gasteiger partial charge is 0.389 e. The molecule has 2 atom stereocenters. The highest BCUT2D eigenvalue weighted by atomic mass is 35.5. The highest BCUT2D eigenvalue weighted by molar-refractivity contribution is 6.30. The van der Waals surface area contributed by atoms with Gasteiger partial charge in [0.1, 0.15) is 0 Å². The van der Waals surface area contributed by atoms with E-state index in [1.807, 2.05) is 12.1 Å². The summed E-state index contributed by atoms with van der Waals surface area (Å²) in [6.07, 6.45) is 5.29. The van der Waals surface area contributed by atoms with Gasteiger partial charge in [-0.05, 0) is 42.0 Å². The fourth-order valence-electron chi connectivity index (χ4n) is 5.51. The Kier molecular flexibility index (Phi) is 11.5. The third-order valence-electron chi connectivity index (χ3n) is 7.43. The lowest BCUT2D eigenvalue weighted by molar-refractivity contribution is -0.0343. The van der Waals surface area contributed by atoms with E-state index in [9.17, 15) is 5.11 Å². The molecule has 33 heavy (non-hydrogen) atoms. The van der Waals surface area contributed by atoms with Gasteiger partial charge in [-0.1, -0.05) is 80.3 Å². The molecule has 6 heteroatoms. The van der Waals surface area contributed by atoms with Crippen LogP contribution in [0.1, 0.15) is 62.0 Å². The molecule has 1 heterocycles.